The van der Waals surface area contributed by atoms with Gasteiger partial charge in [0, 0.05) is 6.42 Å². The van der Waals surface area contributed by atoms with Gasteiger partial charge in [-0.3, -0.25) is 0 Å². The van der Waals surface area contributed by atoms with E-state index in [-0.39, 0.29) is 6.10 Å². The third-order valence-corrected chi connectivity index (χ3v) is 2.88. The Morgan fingerprint density at radius 2 is 1.37 bits per heavy atom. The maximum absolute atomic E-state index is 6.17. The zero-order valence-electron chi connectivity index (χ0n) is 11.9. The van der Waals surface area contributed by atoms with Crippen LogP contribution in [-0.4, -0.2) is 25.8 Å². The minimum atomic E-state index is 0.0728. The monoisotopic (exact) mass is 256 g/mol. The summed E-state index contributed by atoms with van der Waals surface area (Å²) in [6, 6.07) is 20.9. The van der Waals surface area contributed by atoms with Gasteiger partial charge in [-0.2, -0.15) is 9.48 Å². The lowest BCUT2D eigenvalue weighted by Crippen LogP contribution is -2.36. The fourth-order valence-electron chi connectivity index (χ4n) is 2.09. The van der Waals surface area contributed by atoms with Gasteiger partial charge in [-0.25, -0.2) is 0 Å². The Morgan fingerprint density at radius 3 is 1.89 bits per heavy atom. The van der Waals surface area contributed by atoms with Gasteiger partial charge in [0.2, 0.25) is 0 Å². The highest BCUT2D eigenvalue weighted by Crippen LogP contribution is 2.24. The van der Waals surface area contributed by atoms with Gasteiger partial charge in [0.1, 0.15) is 6.10 Å². The molecule has 2 rings (SSSR count). The van der Waals surface area contributed by atoms with E-state index in [1.165, 1.54) is 11.1 Å². The zero-order valence-corrected chi connectivity index (χ0v) is 11.9. The third kappa shape index (κ3) is 4.51. The van der Waals surface area contributed by atoms with Crippen molar-refractivity contribution in [2.24, 2.45) is 0 Å². The van der Waals surface area contributed by atoms with Crippen molar-refractivity contribution in [3.8, 4) is 0 Å². The number of hydrogen-bond donors (Lipinski definition) is 0. The smallest absolute Gasteiger partial charge is 0.146 e. The van der Waals surface area contributed by atoms with E-state index in [0.29, 0.717) is 4.65 Å². The lowest BCUT2D eigenvalue weighted by Gasteiger charge is -2.27. The van der Waals surface area contributed by atoms with Crippen molar-refractivity contribution >= 4 is 0 Å². The Hall–Kier alpha value is -1.64. The number of hydrogen-bond acceptors (Lipinski definition) is 1. The molecule has 19 heavy (non-hydrogen) atoms. The van der Waals surface area contributed by atoms with Gasteiger partial charge in [-0.1, -0.05) is 60.7 Å². The molecule has 0 aromatic heterocycles. The molecule has 2 heteroatoms. The fraction of sp³-hybridized carbons (Fsp3) is 0.294. The largest absolute Gasteiger partial charge is 0.195 e. The third-order valence-electron chi connectivity index (χ3n) is 2.88. The van der Waals surface area contributed by atoms with E-state index in [4.69, 9.17) is 4.84 Å². The molecule has 2 aromatic carbocycles. The summed E-state index contributed by atoms with van der Waals surface area (Å²) in [4.78, 5) is 6.17. The summed E-state index contributed by atoms with van der Waals surface area (Å²) in [5.41, 5.74) is 2.52. The van der Waals surface area contributed by atoms with Crippen LogP contribution in [0.25, 0.3) is 0 Å². The number of benzene rings is 2. The molecule has 0 N–H and O–H groups in total. The summed E-state index contributed by atoms with van der Waals surface area (Å²) in [7, 11) is 6.13. The first kappa shape index (κ1) is 13.8. The molecule has 0 aliphatic rings. The summed E-state index contributed by atoms with van der Waals surface area (Å²) in [6.45, 7) is 0. The summed E-state index contributed by atoms with van der Waals surface area (Å²) < 4.78 is 0.492. The van der Waals surface area contributed by atoms with Crippen LogP contribution in [-0.2, 0) is 11.3 Å². The van der Waals surface area contributed by atoms with Crippen LogP contribution in [0.1, 0.15) is 17.2 Å². The summed E-state index contributed by atoms with van der Waals surface area (Å²) >= 11 is 0. The molecule has 100 valence electrons. The predicted octanol–water partition coefficient (Wildman–Crippen LogP) is 3.61. The number of hydroxylamine groups is 3. The van der Waals surface area contributed by atoms with E-state index in [9.17, 15) is 0 Å². The van der Waals surface area contributed by atoms with E-state index in [0.717, 1.165) is 6.42 Å². The van der Waals surface area contributed by atoms with E-state index >= 15 is 0 Å². The van der Waals surface area contributed by atoms with Crippen molar-refractivity contribution in [3.63, 3.8) is 0 Å². The predicted molar refractivity (Wildman–Crippen MR) is 78.4 cm³/mol. The number of quaternary nitrogens is 1. The second kappa shape index (κ2) is 6.00. The van der Waals surface area contributed by atoms with Crippen molar-refractivity contribution in [3.05, 3.63) is 71.8 Å². The molecular formula is C17H22NO+. The van der Waals surface area contributed by atoms with Crippen molar-refractivity contribution < 1.29 is 9.48 Å². The molecule has 0 heterocycles. The molecule has 2 aromatic rings. The van der Waals surface area contributed by atoms with Gasteiger partial charge < -0.3 is 0 Å². The van der Waals surface area contributed by atoms with Gasteiger partial charge in [0.05, 0.1) is 21.1 Å². The minimum Gasteiger partial charge on any atom is -0.195 e. The highest BCUT2D eigenvalue weighted by atomic mass is 16.7. The summed E-state index contributed by atoms with van der Waals surface area (Å²) in [6.07, 6.45) is 0.962. The van der Waals surface area contributed by atoms with Crippen molar-refractivity contribution in [2.45, 2.75) is 12.5 Å². The van der Waals surface area contributed by atoms with Gasteiger partial charge in [0.15, 0.2) is 0 Å². The van der Waals surface area contributed by atoms with Crippen LogP contribution in [0.4, 0.5) is 0 Å². The first-order chi connectivity index (χ1) is 9.04. The highest BCUT2D eigenvalue weighted by molar-refractivity contribution is 5.22. The van der Waals surface area contributed by atoms with Crippen LogP contribution < -0.4 is 0 Å². The van der Waals surface area contributed by atoms with E-state index in [1.54, 1.807) is 0 Å². The van der Waals surface area contributed by atoms with Crippen LogP contribution in [0.2, 0.25) is 0 Å². The minimum absolute atomic E-state index is 0.0728. The SMILES string of the molecule is C[N+](C)(C)OC(Cc1ccccc1)c1ccccc1. The normalized spacial score (nSPS) is 13.2. The second-order valence-corrected chi connectivity index (χ2v) is 5.58. The molecule has 0 amide bonds. The van der Waals surface area contributed by atoms with Crippen LogP contribution in [0.5, 0.6) is 0 Å². The molecule has 1 atom stereocenters. The molecule has 0 radical (unpaired) electrons. The average molecular weight is 256 g/mol. The topological polar surface area (TPSA) is 9.23 Å². The second-order valence-electron chi connectivity index (χ2n) is 5.58. The Bertz CT molecular complexity index is 488. The van der Waals surface area contributed by atoms with E-state index < -0.39 is 0 Å². The molecular weight excluding hydrogens is 234 g/mol. The van der Waals surface area contributed by atoms with Gasteiger partial charge in [-0.05, 0) is 11.1 Å². The molecule has 0 fully saturated rings. The Morgan fingerprint density at radius 1 is 0.842 bits per heavy atom. The molecule has 2 nitrogen and oxygen atoms in total. The lowest BCUT2D eigenvalue weighted by molar-refractivity contribution is -1.07. The Balaban J connectivity index is 2.20. The quantitative estimate of drug-likeness (QED) is 0.586. The lowest BCUT2D eigenvalue weighted by atomic mass is 10.0. The van der Waals surface area contributed by atoms with Crippen LogP contribution in [0.3, 0.4) is 0 Å². The fourth-order valence-corrected chi connectivity index (χ4v) is 2.09. The van der Waals surface area contributed by atoms with Gasteiger partial charge >= 0.3 is 0 Å². The Labute approximate surface area is 115 Å². The molecule has 0 bridgehead atoms. The van der Waals surface area contributed by atoms with Crippen LogP contribution in [0.15, 0.2) is 60.7 Å². The van der Waals surface area contributed by atoms with E-state index in [1.807, 2.05) is 33.3 Å². The van der Waals surface area contributed by atoms with E-state index in [2.05, 4.69) is 48.5 Å². The summed E-state index contributed by atoms with van der Waals surface area (Å²) in [5.74, 6) is 0. The molecule has 1 unspecified atom stereocenters. The first-order valence-corrected chi connectivity index (χ1v) is 6.63. The zero-order chi connectivity index (χ0) is 13.7. The number of nitrogens with zero attached hydrogens (tertiary/aromatic N) is 1. The van der Waals surface area contributed by atoms with Crippen LogP contribution in [0, 0.1) is 0 Å². The van der Waals surface area contributed by atoms with Gasteiger partial charge in [-0.15, -0.1) is 0 Å². The maximum Gasteiger partial charge on any atom is 0.146 e. The molecule has 0 aliphatic carbocycles. The van der Waals surface area contributed by atoms with Crippen molar-refractivity contribution in [2.75, 3.05) is 21.1 Å². The highest BCUT2D eigenvalue weighted by Gasteiger charge is 2.21. The maximum atomic E-state index is 6.17. The summed E-state index contributed by atoms with van der Waals surface area (Å²) in [5, 5.41) is 0. The van der Waals surface area contributed by atoms with Gasteiger partial charge in [0.25, 0.3) is 0 Å². The molecule has 0 saturated carbocycles. The number of rotatable bonds is 5. The molecule has 0 spiro atoms. The standard InChI is InChI=1S/C17H22NO/c1-18(2,3)19-17(16-12-8-5-9-13-16)14-15-10-6-4-7-11-15/h4-13,17H,14H2,1-3H3/q+1. The average Bonchev–Trinajstić information content (AvgIpc) is 2.39. The van der Waals surface area contributed by atoms with Crippen LogP contribution >= 0.6 is 0 Å². The molecule has 0 aliphatic heterocycles. The van der Waals surface area contributed by atoms with Crippen molar-refractivity contribution in [1.82, 2.24) is 0 Å². The first-order valence-electron chi connectivity index (χ1n) is 6.63. The van der Waals surface area contributed by atoms with Crippen molar-refractivity contribution in [1.29, 1.82) is 0 Å². The Kier molecular flexibility index (Phi) is 4.35. The molecule has 0 saturated heterocycles.